The summed E-state index contributed by atoms with van der Waals surface area (Å²) >= 11 is 0. The van der Waals surface area contributed by atoms with Gasteiger partial charge in [0.2, 0.25) is 0 Å². The van der Waals surface area contributed by atoms with Crippen LogP contribution >= 0.6 is 0 Å². The number of nitrogens with two attached hydrogens (primary N) is 1. The van der Waals surface area contributed by atoms with Crippen LogP contribution in [0.4, 0.5) is 0 Å². The van der Waals surface area contributed by atoms with Crippen LogP contribution in [-0.4, -0.2) is 31.5 Å². The van der Waals surface area contributed by atoms with Crippen LogP contribution in [0.3, 0.4) is 0 Å². The van der Waals surface area contributed by atoms with E-state index in [1.807, 2.05) is 42.5 Å². The predicted molar refractivity (Wildman–Crippen MR) is 132 cm³/mol. The third-order valence-corrected chi connectivity index (χ3v) is 4.87. The molecule has 7 nitrogen and oxygen atoms in total. The van der Waals surface area contributed by atoms with E-state index >= 15 is 0 Å². The van der Waals surface area contributed by atoms with E-state index in [2.05, 4.69) is 50.3 Å². The molecular weight excluding hydrogens is 470 g/mol. The molecule has 0 spiro atoms. The van der Waals surface area contributed by atoms with E-state index in [1.165, 1.54) is 24.3 Å². The van der Waals surface area contributed by atoms with Gasteiger partial charge in [-0.3, -0.25) is 9.59 Å². The molecule has 0 saturated heterocycles. The summed E-state index contributed by atoms with van der Waals surface area (Å²) in [6.45, 7) is 0. The first kappa shape index (κ1) is 24.5. The van der Waals surface area contributed by atoms with E-state index in [0.29, 0.717) is 0 Å². The molecule has 170 valence electrons. The normalized spacial score (nSPS) is 13.1. The summed E-state index contributed by atoms with van der Waals surface area (Å²) in [6, 6.07) is 16.4. The van der Waals surface area contributed by atoms with Gasteiger partial charge in [-0.25, -0.2) is 9.97 Å². The summed E-state index contributed by atoms with van der Waals surface area (Å²) in [6.07, 6.45) is 13.1. The molecule has 2 aliphatic heterocycles. The van der Waals surface area contributed by atoms with E-state index in [0.717, 1.165) is 44.8 Å². The minimum absolute atomic E-state index is 0. The van der Waals surface area contributed by atoms with E-state index in [9.17, 15) is 9.59 Å². The number of aromatic nitrogens is 4. The first-order chi connectivity index (χ1) is 15.6. The molecule has 0 fully saturated rings. The van der Waals surface area contributed by atoms with Crippen molar-refractivity contribution in [1.82, 2.24) is 19.9 Å². The third kappa shape index (κ3) is 6.02. The van der Waals surface area contributed by atoms with Crippen molar-refractivity contribution in [3.63, 3.8) is 0 Å². The maximum atomic E-state index is 10.3. The quantitative estimate of drug-likeness (QED) is 0.216. The van der Waals surface area contributed by atoms with Crippen LogP contribution < -0.4 is 0 Å². The Morgan fingerprint density at radius 1 is 0.471 bits per heavy atom. The average molecular weight is 490 g/mol. The van der Waals surface area contributed by atoms with E-state index in [1.54, 1.807) is 0 Å². The van der Waals surface area contributed by atoms with Gasteiger partial charge in [-0.1, -0.05) is 0 Å². The minimum atomic E-state index is -0.121. The van der Waals surface area contributed by atoms with Crippen LogP contribution in [-0.2, 0) is 26.7 Å². The number of aromatic amines is 2. The van der Waals surface area contributed by atoms with Crippen molar-refractivity contribution in [1.29, 1.82) is 0 Å². The molecule has 5 heterocycles. The second kappa shape index (κ2) is 10.7. The average Bonchev–Trinajstić information content (AvgIpc) is 3.57. The van der Waals surface area contributed by atoms with Gasteiger partial charge in [-0.05, 0) is 97.1 Å². The van der Waals surface area contributed by atoms with Crippen LogP contribution in [0, 0.1) is 0 Å². The molecule has 1 aliphatic carbocycles. The Morgan fingerprint density at radius 3 is 1.18 bits per heavy atom. The Morgan fingerprint density at radius 2 is 0.794 bits per heavy atom. The molecule has 3 aromatic heterocycles. The molecular formula is C26H20FeN5O2-. The zero-order valence-electron chi connectivity index (χ0n) is 17.9. The van der Waals surface area contributed by atoms with Crippen molar-refractivity contribution in [3.05, 3.63) is 102 Å². The SMILES string of the molecule is C1=Cc2cc3ccc(cc4ccc(cc5nc(cc1n2)C=C5)[nH]4)[nH]3.O=C1C=CC(=O)C=C1.[Fe].[NH2-]. The van der Waals surface area contributed by atoms with Crippen LogP contribution in [0.1, 0.15) is 22.8 Å². The zero-order chi connectivity index (χ0) is 21.9. The van der Waals surface area contributed by atoms with Crippen molar-refractivity contribution < 1.29 is 26.7 Å². The van der Waals surface area contributed by atoms with Gasteiger partial charge in [-0.15, -0.1) is 0 Å². The Hall–Kier alpha value is -4.10. The molecule has 0 aromatic carbocycles. The molecule has 0 unspecified atom stereocenters. The Kier molecular flexibility index (Phi) is 7.71. The molecule has 3 aliphatic rings. The van der Waals surface area contributed by atoms with Gasteiger partial charge in [0.15, 0.2) is 11.6 Å². The van der Waals surface area contributed by atoms with Crippen molar-refractivity contribution in [2.45, 2.75) is 0 Å². The van der Waals surface area contributed by atoms with Gasteiger partial charge in [-0.2, -0.15) is 0 Å². The summed E-state index contributed by atoms with van der Waals surface area (Å²) in [5.41, 5.74) is 7.86. The molecule has 8 bridgehead atoms. The number of ketones is 2. The van der Waals surface area contributed by atoms with Crippen LogP contribution in [0.5, 0.6) is 0 Å². The molecule has 34 heavy (non-hydrogen) atoms. The number of hydrogen-bond donors (Lipinski definition) is 2. The van der Waals surface area contributed by atoms with Crippen molar-refractivity contribution in [3.8, 4) is 0 Å². The number of fused-ring (bicyclic) bond motifs is 8. The topological polar surface area (TPSA) is 125 Å². The standard InChI is InChI=1S/C20H14N4.C6H4O2.Fe.H2N/c1-2-14-10-16-5-6-18(23-16)12-20-8-7-19(24-20)11-17-4-3-15(22-17)9-13(1)21-14;7-5-1-2-6(8)4-3-5;;/h1-12,21-22H;1-4H;;1H2/q;;;-1. The molecule has 0 atom stereocenters. The fourth-order valence-electron chi connectivity index (χ4n) is 3.38. The predicted octanol–water partition coefficient (Wildman–Crippen LogP) is 5.62. The molecule has 0 saturated carbocycles. The van der Waals surface area contributed by atoms with Gasteiger partial charge in [0, 0.05) is 39.1 Å². The summed E-state index contributed by atoms with van der Waals surface area (Å²) in [5.74, 6) is -0.241. The number of H-pyrrole nitrogens is 2. The maximum Gasteiger partial charge on any atom is 0.178 e. The first-order valence-corrected chi connectivity index (χ1v) is 10.1. The number of carbonyl (C=O) groups excluding carboxylic acids is 2. The number of hydrogen-bond acceptors (Lipinski definition) is 4. The van der Waals surface area contributed by atoms with Gasteiger partial charge < -0.3 is 16.1 Å². The molecule has 0 amide bonds. The third-order valence-electron chi connectivity index (χ3n) is 4.87. The smallest absolute Gasteiger partial charge is 0.178 e. The molecule has 8 heteroatoms. The number of rotatable bonds is 0. The van der Waals surface area contributed by atoms with Crippen LogP contribution in [0.2, 0.25) is 0 Å². The number of nitrogens with one attached hydrogen (secondary N) is 2. The molecule has 4 N–H and O–H groups in total. The van der Waals surface area contributed by atoms with Crippen LogP contribution in [0.15, 0.2) is 72.8 Å². The van der Waals surface area contributed by atoms with Crippen molar-refractivity contribution in [2.75, 3.05) is 0 Å². The first-order valence-electron chi connectivity index (χ1n) is 10.1. The Labute approximate surface area is 206 Å². The van der Waals surface area contributed by atoms with E-state index < -0.39 is 0 Å². The van der Waals surface area contributed by atoms with Gasteiger partial charge in [0.1, 0.15) is 0 Å². The largest absolute Gasteiger partial charge is 0.693 e. The summed E-state index contributed by atoms with van der Waals surface area (Å²) in [5, 5.41) is 0. The van der Waals surface area contributed by atoms with E-state index in [4.69, 9.17) is 0 Å². The zero-order valence-corrected chi connectivity index (χ0v) is 19.0. The van der Waals surface area contributed by atoms with Crippen molar-refractivity contribution >= 4 is 57.9 Å². The second-order valence-electron chi connectivity index (χ2n) is 7.38. The number of allylic oxidation sites excluding steroid dienone is 4. The maximum absolute atomic E-state index is 10.3. The second-order valence-corrected chi connectivity index (χ2v) is 7.38. The monoisotopic (exact) mass is 490 g/mol. The fraction of sp³-hybridized carbons (Fsp3) is 0. The van der Waals surface area contributed by atoms with Crippen LogP contribution in [0.25, 0.3) is 52.5 Å². The number of nitrogens with zero attached hydrogens (tertiary/aromatic N) is 2. The van der Waals surface area contributed by atoms with Gasteiger partial charge in [0.25, 0.3) is 0 Å². The summed E-state index contributed by atoms with van der Waals surface area (Å²) in [4.78, 5) is 36.6. The van der Waals surface area contributed by atoms with Gasteiger partial charge >= 0.3 is 0 Å². The molecule has 0 radical (unpaired) electrons. The number of carbonyl (C=O) groups is 2. The van der Waals surface area contributed by atoms with Crippen molar-refractivity contribution in [2.24, 2.45) is 0 Å². The molecule has 6 rings (SSSR count). The summed E-state index contributed by atoms with van der Waals surface area (Å²) in [7, 11) is 0. The Balaban J connectivity index is 0.000000280. The van der Waals surface area contributed by atoms with Gasteiger partial charge in [0.05, 0.1) is 22.8 Å². The fourth-order valence-corrected chi connectivity index (χ4v) is 3.38. The Bertz CT molecular complexity index is 1400. The molecule has 3 aromatic rings. The minimum Gasteiger partial charge on any atom is -0.693 e. The van der Waals surface area contributed by atoms with E-state index in [-0.39, 0.29) is 34.8 Å². The summed E-state index contributed by atoms with van der Waals surface area (Å²) < 4.78 is 0.